The van der Waals surface area contributed by atoms with Crippen molar-refractivity contribution in [3.63, 3.8) is 0 Å². The van der Waals surface area contributed by atoms with E-state index in [1.807, 2.05) is 13.8 Å². The van der Waals surface area contributed by atoms with Gasteiger partial charge < -0.3 is 5.73 Å². The van der Waals surface area contributed by atoms with E-state index < -0.39 is 0 Å². The normalized spacial score (nSPS) is 7.67. The highest BCUT2D eigenvalue weighted by Gasteiger charge is 1.87. The lowest BCUT2D eigenvalue weighted by atomic mass is 10.3. The fourth-order valence-electron chi connectivity index (χ4n) is 0.144. The molecule has 0 rings (SSSR count). The minimum absolute atomic E-state index is 0.120. The average molecular weight is 175 g/mol. The molecule has 0 heterocycles. The number of ketones is 1. The van der Waals surface area contributed by atoms with E-state index in [2.05, 4.69) is 20.8 Å². The summed E-state index contributed by atoms with van der Waals surface area (Å²) in [5.41, 5.74) is 4.93. The van der Waals surface area contributed by atoms with Crippen LogP contribution in [0, 0.1) is 5.92 Å². The third-order valence-corrected chi connectivity index (χ3v) is 0.622. The Labute approximate surface area is 77.5 Å². The molecule has 0 unspecified atom stereocenters. The van der Waals surface area contributed by atoms with E-state index in [0.29, 0.717) is 6.42 Å². The zero-order chi connectivity index (χ0) is 10.6. The molecule has 0 saturated carbocycles. The largest absolute Gasteiger partial charge is 0.324 e. The molecule has 2 nitrogen and oxygen atoms in total. The molecule has 0 aromatic heterocycles. The molecule has 76 valence electrons. The third-order valence-electron chi connectivity index (χ3n) is 0.622. The zero-order valence-electron chi connectivity index (χ0n) is 9.48. The van der Waals surface area contributed by atoms with E-state index in [1.54, 1.807) is 6.92 Å². The first-order valence-electron chi connectivity index (χ1n) is 4.76. The molecule has 0 fully saturated rings. The Hall–Kier alpha value is -0.370. The van der Waals surface area contributed by atoms with Gasteiger partial charge in [0.1, 0.15) is 5.78 Å². The average Bonchev–Trinajstić information content (AvgIpc) is 2.06. The molecule has 0 aliphatic rings. The summed E-state index contributed by atoms with van der Waals surface area (Å²) in [4.78, 5) is 10.1. The smallest absolute Gasteiger partial charge is 0.146 e. The van der Waals surface area contributed by atoms with Gasteiger partial charge in [0.2, 0.25) is 0 Å². The van der Waals surface area contributed by atoms with Gasteiger partial charge in [0.15, 0.2) is 0 Å². The Kier molecular flexibility index (Phi) is 24.9. The second kappa shape index (κ2) is 16.9. The molecule has 12 heavy (non-hydrogen) atoms. The minimum atomic E-state index is 0.120. The van der Waals surface area contributed by atoms with Crippen molar-refractivity contribution < 1.29 is 4.79 Å². The molecule has 2 heteroatoms. The van der Waals surface area contributed by atoms with Gasteiger partial charge in [0.25, 0.3) is 0 Å². The van der Waals surface area contributed by atoms with Gasteiger partial charge in [-0.2, -0.15) is 0 Å². The predicted octanol–water partition coefficient (Wildman–Crippen LogP) is 2.61. The van der Waals surface area contributed by atoms with E-state index in [9.17, 15) is 4.79 Å². The number of rotatable bonds is 2. The van der Waals surface area contributed by atoms with Crippen LogP contribution in [0.25, 0.3) is 0 Å². The number of nitrogens with two attached hydrogens (primary N) is 1. The quantitative estimate of drug-likeness (QED) is 0.701. The van der Waals surface area contributed by atoms with Crippen LogP contribution in [-0.2, 0) is 4.79 Å². The lowest BCUT2D eigenvalue weighted by Gasteiger charge is -1.82. The molecule has 0 radical (unpaired) electrons. The van der Waals surface area contributed by atoms with Crippen molar-refractivity contribution in [3.05, 3.63) is 0 Å². The summed E-state index contributed by atoms with van der Waals surface area (Å²) >= 11 is 0. The first-order valence-corrected chi connectivity index (χ1v) is 4.76. The van der Waals surface area contributed by atoms with Gasteiger partial charge in [-0.25, -0.2) is 0 Å². The first kappa shape index (κ1) is 17.6. The first-order chi connectivity index (χ1) is 5.54. The van der Waals surface area contributed by atoms with Crippen molar-refractivity contribution in [3.8, 4) is 0 Å². The number of carbonyl (C=O) groups is 1. The Bertz CT molecular complexity index is 71.2. The van der Waals surface area contributed by atoms with Crippen LogP contribution in [0.15, 0.2) is 0 Å². The number of hydrogen-bond donors (Lipinski definition) is 1. The van der Waals surface area contributed by atoms with Crippen molar-refractivity contribution in [1.29, 1.82) is 0 Å². The number of carbonyl (C=O) groups excluding carboxylic acids is 1. The monoisotopic (exact) mass is 175 g/mol. The molecule has 0 aromatic carbocycles. The number of Topliss-reactive ketones (excluding diaryl/α,β-unsaturated/α-hetero) is 1. The fraction of sp³-hybridized carbons (Fsp3) is 0.900. The molecule has 0 amide bonds. The molecule has 0 atom stereocenters. The van der Waals surface area contributed by atoms with E-state index in [1.165, 1.54) is 0 Å². The molecular weight excluding hydrogens is 150 g/mol. The molecule has 0 saturated heterocycles. The van der Waals surface area contributed by atoms with Crippen LogP contribution in [0.2, 0.25) is 0 Å². The van der Waals surface area contributed by atoms with Crippen molar-refractivity contribution in [2.24, 2.45) is 11.7 Å². The summed E-state index contributed by atoms with van der Waals surface area (Å²) in [5, 5.41) is 0. The van der Waals surface area contributed by atoms with Gasteiger partial charge in [0, 0.05) is 6.42 Å². The second-order valence-electron chi connectivity index (χ2n) is 2.83. The maximum Gasteiger partial charge on any atom is 0.146 e. The second-order valence-corrected chi connectivity index (χ2v) is 2.83. The van der Waals surface area contributed by atoms with Crippen LogP contribution >= 0.6 is 0 Å². The molecule has 0 spiro atoms. The predicted molar refractivity (Wildman–Crippen MR) is 56.2 cm³/mol. The molecule has 0 aliphatic heterocycles. The lowest BCUT2D eigenvalue weighted by Crippen LogP contribution is -2.11. The Morgan fingerprint density at radius 1 is 1.25 bits per heavy atom. The van der Waals surface area contributed by atoms with Crippen LogP contribution in [0.3, 0.4) is 0 Å². The maximum absolute atomic E-state index is 10.1. The Morgan fingerprint density at radius 3 is 1.50 bits per heavy atom. The summed E-state index contributed by atoms with van der Waals surface area (Å²) in [6.45, 7) is 12.5. The summed E-state index contributed by atoms with van der Waals surface area (Å²) in [7, 11) is 0. The highest BCUT2D eigenvalue weighted by Crippen LogP contribution is 1.81. The lowest BCUT2D eigenvalue weighted by molar-refractivity contribution is -0.117. The van der Waals surface area contributed by atoms with Crippen molar-refractivity contribution >= 4 is 5.78 Å². The summed E-state index contributed by atoms with van der Waals surface area (Å²) < 4.78 is 0. The fourth-order valence-corrected chi connectivity index (χ4v) is 0.144. The van der Waals surface area contributed by atoms with Crippen LogP contribution in [0.5, 0.6) is 0 Å². The van der Waals surface area contributed by atoms with E-state index in [4.69, 9.17) is 5.73 Å². The van der Waals surface area contributed by atoms with E-state index >= 15 is 0 Å². The maximum atomic E-state index is 10.1. The van der Waals surface area contributed by atoms with Crippen molar-refractivity contribution in [2.45, 2.75) is 48.0 Å². The minimum Gasteiger partial charge on any atom is -0.324 e. The molecule has 0 bridgehead atoms. The topological polar surface area (TPSA) is 43.1 Å². The highest BCUT2D eigenvalue weighted by molar-refractivity contribution is 5.79. The SMILES string of the molecule is CC.CC(C)C.CCC(=O)CN. The zero-order valence-corrected chi connectivity index (χ0v) is 9.48. The standard InChI is InChI=1S/C4H9NO.C4H10.C2H6/c1-2-4(6)3-5;1-4(2)3;1-2/h2-3,5H2,1H3;4H,1-3H3;1-2H3. The summed E-state index contributed by atoms with van der Waals surface area (Å²) in [6.07, 6.45) is 0.566. The van der Waals surface area contributed by atoms with Gasteiger partial charge >= 0.3 is 0 Å². The van der Waals surface area contributed by atoms with Gasteiger partial charge in [-0.3, -0.25) is 4.79 Å². The van der Waals surface area contributed by atoms with E-state index in [0.717, 1.165) is 5.92 Å². The van der Waals surface area contributed by atoms with Crippen molar-refractivity contribution in [2.75, 3.05) is 6.54 Å². The molecular formula is C10H25NO. The molecule has 0 aromatic rings. The van der Waals surface area contributed by atoms with Gasteiger partial charge in [-0.1, -0.05) is 41.5 Å². The Morgan fingerprint density at radius 2 is 1.50 bits per heavy atom. The van der Waals surface area contributed by atoms with Gasteiger partial charge in [0.05, 0.1) is 6.54 Å². The van der Waals surface area contributed by atoms with Crippen LogP contribution in [0.4, 0.5) is 0 Å². The van der Waals surface area contributed by atoms with Crippen molar-refractivity contribution in [1.82, 2.24) is 0 Å². The Balaban J connectivity index is -0.000000118. The van der Waals surface area contributed by atoms with Crippen LogP contribution in [-0.4, -0.2) is 12.3 Å². The van der Waals surface area contributed by atoms with Crippen LogP contribution < -0.4 is 5.73 Å². The van der Waals surface area contributed by atoms with Gasteiger partial charge in [-0.15, -0.1) is 0 Å². The van der Waals surface area contributed by atoms with Gasteiger partial charge in [-0.05, 0) is 5.92 Å². The highest BCUT2D eigenvalue weighted by atomic mass is 16.1. The van der Waals surface area contributed by atoms with E-state index in [-0.39, 0.29) is 12.3 Å². The third kappa shape index (κ3) is 54.4. The molecule has 2 N–H and O–H groups in total. The number of hydrogen-bond acceptors (Lipinski definition) is 2. The van der Waals surface area contributed by atoms with Crippen LogP contribution in [0.1, 0.15) is 48.0 Å². The summed E-state index contributed by atoms with van der Waals surface area (Å²) in [6, 6.07) is 0. The molecule has 0 aliphatic carbocycles. The summed E-state index contributed by atoms with van der Waals surface area (Å²) in [5.74, 6) is 0.954.